The predicted octanol–water partition coefficient (Wildman–Crippen LogP) is 20.3. The van der Waals surface area contributed by atoms with Crippen LogP contribution >= 0.6 is 46.1 Å². The van der Waals surface area contributed by atoms with Gasteiger partial charge in [0.25, 0.3) is 0 Å². The van der Waals surface area contributed by atoms with Crippen molar-refractivity contribution in [2.24, 2.45) is 11.8 Å². The van der Waals surface area contributed by atoms with Crippen LogP contribution in [0.2, 0.25) is 0 Å². The van der Waals surface area contributed by atoms with Crippen LogP contribution in [0.25, 0.3) is 97.2 Å². The number of benzene rings is 6. The fourth-order valence-corrected chi connectivity index (χ4v) is 14.5. The Kier molecular flexibility index (Phi) is 14.6. The Bertz CT molecular complexity index is 3650. The van der Waals surface area contributed by atoms with E-state index < -0.39 is 0 Å². The van der Waals surface area contributed by atoms with Gasteiger partial charge in [-0.1, -0.05) is 159 Å². The van der Waals surface area contributed by atoms with Crippen molar-refractivity contribution in [2.75, 3.05) is 0 Å². The standard InChI is InChI=1S/C64H62F2N4S4/c1-7-10-12-38(4)14-15-40-18-22-48(54(65)34-40)56-30-32-58(71-56)50-28-26-44(60-62(50)69-73-67-60)42-20-24-46-47-25-21-43(37-53(47)64(5,6)52(46)36-42)45-27-29-51(63-61(45)68-74-70-63)59-33-31-57(72-59)49-23-19-41(35-55(49)66)17-16-39(9-3)13-11-8-2/h18-39H,7-17H2,1-6H3. The maximum atomic E-state index is 15.7. The molecule has 0 spiro atoms. The Balaban J connectivity index is 0.820. The highest BCUT2D eigenvalue weighted by molar-refractivity contribution is 7.19. The average Bonchev–Trinajstić information content (AvgIpc) is 4.29. The highest BCUT2D eigenvalue weighted by Crippen LogP contribution is 2.52. The lowest BCUT2D eigenvalue weighted by molar-refractivity contribution is 0.421. The van der Waals surface area contributed by atoms with Crippen LogP contribution in [-0.4, -0.2) is 17.5 Å². The molecule has 0 bridgehead atoms. The average molecular weight is 1050 g/mol. The topological polar surface area (TPSA) is 51.6 Å². The third kappa shape index (κ3) is 9.72. The lowest BCUT2D eigenvalue weighted by Crippen LogP contribution is -2.15. The van der Waals surface area contributed by atoms with Crippen LogP contribution in [0.3, 0.4) is 0 Å². The summed E-state index contributed by atoms with van der Waals surface area (Å²) in [5, 5.41) is 0. The lowest BCUT2D eigenvalue weighted by atomic mass is 9.80. The minimum atomic E-state index is -0.281. The molecule has 11 rings (SSSR count). The molecular formula is C64H62F2N4S4. The van der Waals surface area contributed by atoms with Gasteiger partial charge in [0.15, 0.2) is 0 Å². The molecule has 0 saturated carbocycles. The second kappa shape index (κ2) is 21.5. The van der Waals surface area contributed by atoms with E-state index in [1.54, 1.807) is 34.8 Å². The number of halogens is 2. The highest BCUT2D eigenvalue weighted by Gasteiger charge is 2.36. The second-order valence-electron chi connectivity index (χ2n) is 21.1. The van der Waals surface area contributed by atoms with Gasteiger partial charge in [0.2, 0.25) is 0 Å². The number of unbranched alkanes of at least 4 members (excludes halogenated alkanes) is 2. The van der Waals surface area contributed by atoms with E-state index in [1.165, 1.54) is 90.7 Å². The molecule has 4 aromatic heterocycles. The Morgan fingerprint density at radius 1 is 0.446 bits per heavy atom. The van der Waals surface area contributed by atoms with E-state index in [1.807, 2.05) is 24.3 Å². The van der Waals surface area contributed by atoms with Crippen LogP contribution < -0.4 is 0 Å². The maximum Gasteiger partial charge on any atom is 0.132 e. The summed E-state index contributed by atoms with van der Waals surface area (Å²) < 4.78 is 50.8. The zero-order chi connectivity index (χ0) is 51.1. The molecule has 0 fully saturated rings. The van der Waals surface area contributed by atoms with Crippen molar-refractivity contribution in [1.82, 2.24) is 17.5 Å². The number of hydrogen-bond acceptors (Lipinski definition) is 8. The van der Waals surface area contributed by atoms with Gasteiger partial charge in [-0.3, -0.25) is 0 Å². The van der Waals surface area contributed by atoms with Crippen molar-refractivity contribution >= 4 is 68.2 Å². The third-order valence-electron chi connectivity index (χ3n) is 15.8. The minimum absolute atomic E-state index is 0.159. The van der Waals surface area contributed by atoms with Crippen molar-refractivity contribution in [3.05, 3.63) is 155 Å². The van der Waals surface area contributed by atoms with Gasteiger partial charge in [0.05, 0.1) is 23.5 Å². The number of rotatable bonds is 19. The smallest absolute Gasteiger partial charge is 0.132 e. The van der Waals surface area contributed by atoms with Crippen LogP contribution in [0.15, 0.2) is 121 Å². The fraction of sp³-hybridized carbons (Fsp3) is 0.312. The van der Waals surface area contributed by atoms with Crippen molar-refractivity contribution < 1.29 is 8.78 Å². The molecule has 0 aliphatic heterocycles. The van der Waals surface area contributed by atoms with Crippen molar-refractivity contribution in [3.8, 4) is 75.1 Å². The first-order valence-electron chi connectivity index (χ1n) is 26.6. The first-order chi connectivity index (χ1) is 36.0. The number of thiophene rings is 2. The van der Waals surface area contributed by atoms with E-state index in [-0.39, 0.29) is 17.0 Å². The van der Waals surface area contributed by atoms with E-state index in [0.717, 1.165) is 112 Å². The van der Waals surface area contributed by atoms with E-state index in [9.17, 15) is 0 Å². The minimum Gasteiger partial charge on any atom is -0.206 e. The summed E-state index contributed by atoms with van der Waals surface area (Å²) in [6.45, 7) is 13.7. The number of aryl methyl sites for hydroxylation is 2. The number of nitrogens with zero attached hydrogens (tertiary/aromatic N) is 4. The number of hydrogen-bond donors (Lipinski definition) is 0. The molecule has 6 aromatic carbocycles. The van der Waals surface area contributed by atoms with Gasteiger partial charge in [-0.05, 0) is 131 Å². The second-order valence-corrected chi connectivity index (χ2v) is 24.3. The maximum absolute atomic E-state index is 15.7. The SMILES string of the molecule is CCCCC(C)CCc1ccc(-c2ccc(-c3ccc(-c4ccc5c(c4)C(C)(C)c4cc(-c6ccc(-c7ccc(-c8ccc(CCC(CC)CCCC)cc8F)s7)c7nsnc67)ccc4-5)c4nsnc34)s2)c(F)c1. The predicted molar refractivity (Wildman–Crippen MR) is 313 cm³/mol. The molecule has 10 heteroatoms. The molecule has 4 nitrogen and oxygen atoms in total. The van der Waals surface area contributed by atoms with Gasteiger partial charge in [0, 0.05) is 58.3 Å². The Hall–Kier alpha value is -5.78. The first-order valence-corrected chi connectivity index (χ1v) is 29.7. The molecule has 1 aliphatic carbocycles. The molecule has 0 amide bonds. The summed E-state index contributed by atoms with van der Waals surface area (Å²) in [6, 6.07) is 42.1. The molecule has 4 heterocycles. The van der Waals surface area contributed by atoms with Gasteiger partial charge in [-0.2, -0.15) is 17.5 Å². The Morgan fingerprint density at radius 2 is 0.851 bits per heavy atom. The largest absolute Gasteiger partial charge is 0.206 e. The summed E-state index contributed by atoms with van der Waals surface area (Å²) in [5.41, 5.74) is 17.9. The van der Waals surface area contributed by atoms with Gasteiger partial charge >= 0.3 is 0 Å². The fourth-order valence-electron chi connectivity index (χ4n) is 11.3. The quantitative estimate of drug-likeness (QED) is 0.0810. The lowest BCUT2D eigenvalue weighted by Gasteiger charge is -2.23. The molecule has 10 aromatic rings. The molecular weight excluding hydrogens is 991 g/mol. The van der Waals surface area contributed by atoms with Gasteiger partial charge in [-0.15, -0.1) is 22.7 Å². The molecule has 376 valence electrons. The van der Waals surface area contributed by atoms with Crippen molar-refractivity contribution in [3.63, 3.8) is 0 Å². The zero-order valence-corrected chi connectivity index (χ0v) is 46.4. The van der Waals surface area contributed by atoms with Gasteiger partial charge < -0.3 is 0 Å². The summed E-state index contributed by atoms with van der Waals surface area (Å²) in [7, 11) is 0. The summed E-state index contributed by atoms with van der Waals surface area (Å²) >= 11 is 5.66. The third-order valence-corrected chi connectivity index (χ3v) is 19.2. The van der Waals surface area contributed by atoms with Crippen LogP contribution in [0.5, 0.6) is 0 Å². The summed E-state index contributed by atoms with van der Waals surface area (Å²) in [4.78, 5) is 3.91. The van der Waals surface area contributed by atoms with Crippen molar-refractivity contribution in [1.29, 1.82) is 0 Å². The van der Waals surface area contributed by atoms with Crippen LogP contribution in [-0.2, 0) is 18.3 Å². The molecule has 0 radical (unpaired) electrons. The Labute approximate surface area is 451 Å². The number of aromatic nitrogens is 4. The zero-order valence-electron chi connectivity index (χ0n) is 43.2. The normalized spacial score (nSPS) is 13.7. The first kappa shape index (κ1) is 50.4. The van der Waals surface area contributed by atoms with Gasteiger partial charge in [0.1, 0.15) is 33.7 Å². The summed E-state index contributed by atoms with van der Waals surface area (Å²) in [5.74, 6) is 1.02. The molecule has 2 unspecified atom stereocenters. The summed E-state index contributed by atoms with van der Waals surface area (Å²) in [6.07, 6.45) is 12.6. The van der Waals surface area contributed by atoms with E-state index >= 15 is 8.78 Å². The number of fused-ring (bicyclic) bond motifs is 5. The Morgan fingerprint density at radius 3 is 1.31 bits per heavy atom. The molecule has 0 N–H and O–H groups in total. The van der Waals surface area contributed by atoms with E-state index in [4.69, 9.17) is 17.5 Å². The van der Waals surface area contributed by atoms with Crippen LogP contribution in [0, 0.1) is 23.5 Å². The van der Waals surface area contributed by atoms with Crippen LogP contribution in [0.4, 0.5) is 8.78 Å². The van der Waals surface area contributed by atoms with Crippen molar-refractivity contribution in [2.45, 2.75) is 118 Å². The molecule has 0 saturated heterocycles. The molecule has 74 heavy (non-hydrogen) atoms. The van der Waals surface area contributed by atoms with Crippen LogP contribution in [0.1, 0.15) is 122 Å². The van der Waals surface area contributed by atoms with E-state index in [0.29, 0.717) is 23.0 Å². The van der Waals surface area contributed by atoms with Gasteiger partial charge in [-0.25, -0.2) is 8.78 Å². The molecule has 1 aliphatic rings. The van der Waals surface area contributed by atoms with E-state index in [2.05, 4.69) is 126 Å². The monoisotopic (exact) mass is 1050 g/mol. The molecule has 2 atom stereocenters. The highest BCUT2D eigenvalue weighted by atomic mass is 32.1.